The van der Waals surface area contributed by atoms with E-state index in [4.69, 9.17) is 11.5 Å². The maximum absolute atomic E-state index is 11.2. The van der Waals surface area contributed by atoms with Crippen molar-refractivity contribution in [3.63, 3.8) is 0 Å². The van der Waals surface area contributed by atoms with Crippen molar-refractivity contribution in [1.29, 1.82) is 0 Å². The van der Waals surface area contributed by atoms with Gasteiger partial charge < -0.3 is 16.5 Å². The summed E-state index contributed by atoms with van der Waals surface area (Å²) in [6, 6.07) is 5.76. The van der Waals surface area contributed by atoms with Crippen LogP contribution < -0.4 is 11.5 Å². The standard InChI is InChI=1S/C13H15N3O/c14-8-2-4-12-10(6-8)9-5-7(13(15)17)1-3-11(9)16-12/h1,3,5,8,16H,2,4,6,14H2,(H2,15,17)/t8-/m0/s1. The van der Waals surface area contributed by atoms with Crippen molar-refractivity contribution in [2.24, 2.45) is 11.5 Å². The number of aromatic nitrogens is 1. The van der Waals surface area contributed by atoms with Crippen LogP contribution in [0.1, 0.15) is 28.0 Å². The molecule has 1 aromatic carbocycles. The van der Waals surface area contributed by atoms with Crippen molar-refractivity contribution >= 4 is 16.8 Å². The van der Waals surface area contributed by atoms with E-state index in [9.17, 15) is 4.79 Å². The number of fused-ring (bicyclic) bond motifs is 3. The molecule has 1 heterocycles. The van der Waals surface area contributed by atoms with Gasteiger partial charge in [0.05, 0.1) is 0 Å². The van der Waals surface area contributed by atoms with Crippen molar-refractivity contribution in [3.05, 3.63) is 35.0 Å². The Bertz CT molecular complexity index is 600. The zero-order valence-corrected chi connectivity index (χ0v) is 9.49. The molecule has 0 spiro atoms. The Balaban J connectivity index is 2.21. The van der Waals surface area contributed by atoms with Crippen LogP contribution in [-0.4, -0.2) is 16.9 Å². The molecule has 1 amide bonds. The summed E-state index contributed by atoms with van der Waals surface area (Å²) in [5.74, 6) is -0.387. The summed E-state index contributed by atoms with van der Waals surface area (Å²) >= 11 is 0. The topological polar surface area (TPSA) is 84.9 Å². The molecule has 1 aromatic heterocycles. The fraction of sp³-hybridized carbons (Fsp3) is 0.308. The van der Waals surface area contributed by atoms with Crippen molar-refractivity contribution < 1.29 is 4.79 Å². The molecule has 4 nitrogen and oxygen atoms in total. The van der Waals surface area contributed by atoms with Crippen molar-refractivity contribution in [2.45, 2.75) is 25.3 Å². The van der Waals surface area contributed by atoms with E-state index < -0.39 is 0 Å². The van der Waals surface area contributed by atoms with E-state index in [2.05, 4.69) is 4.98 Å². The number of carbonyl (C=O) groups excluding carboxylic acids is 1. The van der Waals surface area contributed by atoms with Gasteiger partial charge in [0.1, 0.15) is 0 Å². The Morgan fingerprint density at radius 2 is 2.24 bits per heavy atom. The smallest absolute Gasteiger partial charge is 0.248 e. The number of primary amides is 1. The fourth-order valence-corrected chi connectivity index (χ4v) is 2.60. The molecule has 0 fully saturated rings. The first-order valence-electron chi connectivity index (χ1n) is 5.84. The summed E-state index contributed by atoms with van der Waals surface area (Å²) in [6.07, 6.45) is 2.87. The number of aryl methyl sites for hydroxylation is 1. The largest absolute Gasteiger partial charge is 0.366 e. The van der Waals surface area contributed by atoms with E-state index in [0.717, 1.165) is 30.2 Å². The molecule has 0 radical (unpaired) electrons. The number of hydrogen-bond donors (Lipinski definition) is 3. The van der Waals surface area contributed by atoms with Gasteiger partial charge in [0.25, 0.3) is 0 Å². The lowest BCUT2D eigenvalue weighted by Gasteiger charge is -2.18. The molecule has 1 aliphatic carbocycles. The highest BCUT2D eigenvalue weighted by molar-refractivity contribution is 5.98. The lowest BCUT2D eigenvalue weighted by molar-refractivity contribution is 0.100. The van der Waals surface area contributed by atoms with Gasteiger partial charge in [0.2, 0.25) is 5.91 Å². The highest BCUT2D eigenvalue weighted by atomic mass is 16.1. The average molecular weight is 229 g/mol. The minimum atomic E-state index is -0.387. The molecule has 2 aromatic rings. The average Bonchev–Trinajstić information content (AvgIpc) is 2.66. The summed E-state index contributed by atoms with van der Waals surface area (Å²) < 4.78 is 0. The van der Waals surface area contributed by atoms with E-state index in [1.54, 1.807) is 6.07 Å². The van der Waals surface area contributed by atoms with Gasteiger partial charge in [0.15, 0.2) is 0 Å². The minimum Gasteiger partial charge on any atom is -0.366 e. The molecule has 0 saturated carbocycles. The van der Waals surface area contributed by atoms with Gasteiger partial charge in [-0.1, -0.05) is 0 Å². The van der Waals surface area contributed by atoms with Crippen LogP contribution in [0, 0.1) is 0 Å². The number of nitrogens with one attached hydrogen (secondary N) is 1. The van der Waals surface area contributed by atoms with Crippen LogP contribution in [0.25, 0.3) is 10.9 Å². The lowest BCUT2D eigenvalue weighted by Crippen LogP contribution is -2.27. The number of amides is 1. The molecular weight excluding hydrogens is 214 g/mol. The number of aromatic amines is 1. The first kappa shape index (κ1) is 10.4. The van der Waals surface area contributed by atoms with Gasteiger partial charge in [-0.05, 0) is 43.0 Å². The van der Waals surface area contributed by atoms with Gasteiger partial charge in [-0.3, -0.25) is 4.79 Å². The zero-order chi connectivity index (χ0) is 12.0. The van der Waals surface area contributed by atoms with Crippen LogP contribution in [0.5, 0.6) is 0 Å². The number of nitrogens with two attached hydrogens (primary N) is 2. The molecule has 0 saturated heterocycles. The van der Waals surface area contributed by atoms with Crippen LogP contribution in [-0.2, 0) is 12.8 Å². The van der Waals surface area contributed by atoms with Crippen LogP contribution in [0.2, 0.25) is 0 Å². The molecule has 3 rings (SSSR count). The zero-order valence-electron chi connectivity index (χ0n) is 9.49. The highest BCUT2D eigenvalue weighted by Crippen LogP contribution is 2.29. The molecule has 5 N–H and O–H groups in total. The Hall–Kier alpha value is -1.81. The van der Waals surface area contributed by atoms with E-state index in [0.29, 0.717) is 5.56 Å². The highest BCUT2D eigenvalue weighted by Gasteiger charge is 2.20. The molecule has 4 heteroatoms. The van der Waals surface area contributed by atoms with Crippen molar-refractivity contribution in [1.82, 2.24) is 4.98 Å². The third-order valence-corrected chi connectivity index (χ3v) is 3.51. The second-order valence-electron chi connectivity index (χ2n) is 4.71. The molecule has 1 atom stereocenters. The first-order valence-corrected chi connectivity index (χ1v) is 5.84. The molecule has 88 valence electrons. The van der Waals surface area contributed by atoms with Gasteiger partial charge in [0, 0.05) is 28.2 Å². The van der Waals surface area contributed by atoms with Crippen LogP contribution in [0.4, 0.5) is 0 Å². The van der Waals surface area contributed by atoms with E-state index in [-0.39, 0.29) is 11.9 Å². The van der Waals surface area contributed by atoms with Crippen LogP contribution in [0.15, 0.2) is 18.2 Å². The first-order chi connectivity index (χ1) is 8.15. The molecule has 0 bridgehead atoms. The Labute approximate surface area is 99.0 Å². The van der Waals surface area contributed by atoms with Gasteiger partial charge in [-0.15, -0.1) is 0 Å². The number of hydrogen-bond acceptors (Lipinski definition) is 2. The number of rotatable bonds is 1. The van der Waals surface area contributed by atoms with E-state index >= 15 is 0 Å². The molecular formula is C13H15N3O. The predicted octanol–water partition coefficient (Wildman–Crippen LogP) is 1.08. The van der Waals surface area contributed by atoms with Crippen LogP contribution >= 0.6 is 0 Å². The van der Waals surface area contributed by atoms with E-state index in [1.165, 1.54) is 11.3 Å². The molecule has 0 unspecified atom stereocenters. The summed E-state index contributed by atoms with van der Waals surface area (Å²) in [4.78, 5) is 14.6. The summed E-state index contributed by atoms with van der Waals surface area (Å²) in [5.41, 5.74) is 15.4. The molecule has 0 aliphatic heterocycles. The van der Waals surface area contributed by atoms with Crippen molar-refractivity contribution in [3.8, 4) is 0 Å². The van der Waals surface area contributed by atoms with Crippen molar-refractivity contribution in [2.75, 3.05) is 0 Å². The summed E-state index contributed by atoms with van der Waals surface area (Å²) in [6.45, 7) is 0. The van der Waals surface area contributed by atoms with Gasteiger partial charge in [-0.25, -0.2) is 0 Å². The van der Waals surface area contributed by atoms with E-state index in [1.807, 2.05) is 12.1 Å². The van der Waals surface area contributed by atoms with Gasteiger partial charge >= 0.3 is 0 Å². The minimum absolute atomic E-state index is 0.221. The second-order valence-corrected chi connectivity index (χ2v) is 4.71. The maximum Gasteiger partial charge on any atom is 0.248 e. The maximum atomic E-state index is 11.2. The molecule has 17 heavy (non-hydrogen) atoms. The Kier molecular flexibility index (Phi) is 2.19. The lowest BCUT2D eigenvalue weighted by atomic mass is 9.92. The quantitative estimate of drug-likeness (QED) is 0.683. The van der Waals surface area contributed by atoms with Gasteiger partial charge in [-0.2, -0.15) is 0 Å². The molecule has 1 aliphatic rings. The second kappa shape index (κ2) is 3.60. The third kappa shape index (κ3) is 1.61. The summed E-state index contributed by atoms with van der Waals surface area (Å²) in [5, 5.41) is 1.09. The summed E-state index contributed by atoms with van der Waals surface area (Å²) in [7, 11) is 0. The Morgan fingerprint density at radius 3 is 3.00 bits per heavy atom. The normalized spacial score (nSPS) is 19.2. The fourth-order valence-electron chi connectivity index (χ4n) is 2.60. The number of benzene rings is 1. The number of carbonyl (C=O) groups is 1. The monoisotopic (exact) mass is 229 g/mol. The SMILES string of the molecule is NC(=O)c1ccc2[nH]c3c(c2c1)C[C@@H](N)CC3. The Morgan fingerprint density at radius 1 is 1.41 bits per heavy atom. The van der Waals surface area contributed by atoms with Crippen LogP contribution in [0.3, 0.4) is 0 Å². The third-order valence-electron chi connectivity index (χ3n) is 3.51. The number of H-pyrrole nitrogens is 1. The predicted molar refractivity (Wildman–Crippen MR) is 66.8 cm³/mol.